The van der Waals surface area contributed by atoms with Gasteiger partial charge in [0.05, 0.1) is 24.3 Å². The average Bonchev–Trinajstić information content (AvgIpc) is 3.07. The molecule has 2 aromatic rings. The quantitative estimate of drug-likeness (QED) is 0.776. The van der Waals surface area contributed by atoms with Crippen LogP contribution in [-0.4, -0.2) is 15.2 Å². The van der Waals surface area contributed by atoms with Crippen molar-refractivity contribution < 1.29 is 8.78 Å². The Morgan fingerprint density at radius 2 is 2.05 bits per heavy atom. The molecule has 1 unspecified atom stereocenters. The third kappa shape index (κ3) is 2.16. The summed E-state index contributed by atoms with van der Waals surface area (Å²) in [6.07, 6.45) is 9.17. The van der Waals surface area contributed by atoms with E-state index in [-0.39, 0.29) is 11.9 Å². The van der Waals surface area contributed by atoms with Crippen LogP contribution in [0.25, 0.3) is 11.3 Å². The molecule has 22 heavy (non-hydrogen) atoms. The SMILES string of the molecule is Fc1cccc2c1-c1cncn1C2CCC1(F)CCCCC1. The molecule has 1 aliphatic carbocycles. The van der Waals surface area contributed by atoms with Crippen molar-refractivity contribution >= 4 is 0 Å². The van der Waals surface area contributed by atoms with E-state index in [1.807, 2.05) is 10.6 Å². The molecule has 0 N–H and O–H groups in total. The number of halogens is 2. The van der Waals surface area contributed by atoms with Crippen LogP contribution in [0.1, 0.15) is 56.6 Å². The lowest BCUT2D eigenvalue weighted by atomic mass is 9.82. The molecule has 0 radical (unpaired) electrons. The molecular formula is C18H20F2N2. The molecule has 116 valence electrons. The van der Waals surface area contributed by atoms with Gasteiger partial charge in [-0.1, -0.05) is 31.4 Å². The lowest BCUT2D eigenvalue weighted by Crippen LogP contribution is -2.27. The molecule has 1 aromatic heterocycles. The average molecular weight is 302 g/mol. The van der Waals surface area contributed by atoms with Crippen LogP contribution in [0.3, 0.4) is 0 Å². The Bertz CT molecular complexity index is 686. The number of nitrogens with zero attached hydrogens (tertiary/aromatic N) is 2. The lowest BCUT2D eigenvalue weighted by molar-refractivity contribution is 0.0903. The molecular weight excluding hydrogens is 282 g/mol. The van der Waals surface area contributed by atoms with Gasteiger partial charge in [-0.15, -0.1) is 0 Å². The minimum absolute atomic E-state index is 0.0118. The van der Waals surface area contributed by atoms with Gasteiger partial charge in [0.15, 0.2) is 0 Å². The number of fused-ring (bicyclic) bond motifs is 3. The smallest absolute Gasteiger partial charge is 0.132 e. The molecule has 4 heteroatoms. The van der Waals surface area contributed by atoms with Gasteiger partial charge in [0.1, 0.15) is 11.5 Å². The van der Waals surface area contributed by atoms with Gasteiger partial charge >= 0.3 is 0 Å². The number of alkyl halides is 1. The Morgan fingerprint density at radius 3 is 2.86 bits per heavy atom. The number of imidazole rings is 1. The third-order valence-electron chi connectivity index (χ3n) is 5.28. The Labute approximate surface area is 129 Å². The fourth-order valence-electron chi connectivity index (χ4n) is 4.11. The van der Waals surface area contributed by atoms with E-state index in [1.165, 1.54) is 6.07 Å². The van der Waals surface area contributed by atoms with E-state index in [0.29, 0.717) is 31.2 Å². The summed E-state index contributed by atoms with van der Waals surface area (Å²) in [6, 6.07) is 5.20. The van der Waals surface area contributed by atoms with Crippen LogP contribution in [-0.2, 0) is 0 Å². The Kier molecular flexibility index (Phi) is 3.28. The Morgan fingerprint density at radius 1 is 1.23 bits per heavy atom. The first-order valence-electron chi connectivity index (χ1n) is 8.17. The van der Waals surface area contributed by atoms with E-state index in [9.17, 15) is 8.78 Å². The molecule has 2 nitrogen and oxygen atoms in total. The van der Waals surface area contributed by atoms with Crippen molar-refractivity contribution in [1.29, 1.82) is 0 Å². The summed E-state index contributed by atoms with van der Waals surface area (Å²) >= 11 is 0. The Balaban J connectivity index is 1.62. The van der Waals surface area contributed by atoms with Crippen molar-refractivity contribution in [1.82, 2.24) is 9.55 Å². The zero-order chi connectivity index (χ0) is 15.2. The van der Waals surface area contributed by atoms with Crippen LogP contribution in [0.15, 0.2) is 30.7 Å². The van der Waals surface area contributed by atoms with E-state index < -0.39 is 5.67 Å². The Hall–Kier alpha value is -1.71. The molecule has 2 aliphatic rings. The van der Waals surface area contributed by atoms with E-state index in [2.05, 4.69) is 4.98 Å². The highest BCUT2D eigenvalue weighted by Crippen LogP contribution is 2.45. The zero-order valence-electron chi connectivity index (χ0n) is 12.6. The van der Waals surface area contributed by atoms with Gasteiger partial charge in [-0.25, -0.2) is 13.8 Å². The molecule has 1 aromatic carbocycles. The van der Waals surface area contributed by atoms with Gasteiger partial charge in [0.2, 0.25) is 0 Å². The molecule has 0 saturated heterocycles. The number of aromatic nitrogens is 2. The molecule has 0 amide bonds. The zero-order valence-corrected chi connectivity index (χ0v) is 12.6. The van der Waals surface area contributed by atoms with E-state index in [1.54, 1.807) is 18.6 Å². The van der Waals surface area contributed by atoms with E-state index >= 15 is 0 Å². The van der Waals surface area contributed by atoms with Crippen LogP contribution in [0.5, 0.6) is 0 Å². The standard InChI is InChI=1S/C18H20F2N2/c19-14-6-4-5-13-15(22-12-21-11-16(22)17(13)14)7-10-18(20)8-2-1-3-9-18/h4-6,11-12,15H,1-3,7-10H2. The molecule has 4 rings (SSSR count). The maximum atomic E-state index is 14.9. The van der Waals surface area contributed by atoms with Crippen molar-refractivity contribution in [2.24, 2.45) is 0 Å². The highest BCUT2D eigenvalue weighted by atomic mass is 19.1. The van der Waals surface area contributed by atoms with Crippen LogP contribution in [0.2, 0.25) is 0 Å². The number of hydrogen-bond acceptors (Lipinski definition) is 1. The number of hydrogen-bond donors (Lipinski definition) is 0. The second kappa shape index (κ2) is 5.18. The van der Waals surface area contributed by atoms with Crippen LogP contribution in [0.4, 0.5) is 8.78 Å². The summed E-state index contributed by atoms with van der Waals surface area (Å²) in [5, 5.41) is 0. The van der Waals surface area contributed by atoms with Gasteiger partial charge in [-0.3, -0.25) is 0 Å². The first-order valence-corrected chi connectivity index (χ1v) is 8.17. The van der Waals surface area contributed by atoms with Gasteiger partial charge in [-0.2, -0.15) is 0 Å². The minimum Gasteiger partial charge on any atom is -0.323 e. The molecule has 1 saturated carbocycles. The van der Waals surface area contributed by atoms with Crippen molar-refractivity contribution in [2.45, 2.75) is 56.7 Å². The maximum Gasteiger partial charge on any atom is 0.132 e. The topological polar surface area (TPSA) is 17.8 Å². The second-order valence-electron chi connectivity index (χ2n) is 6.66. The molecule has 1 fully saturated rings. The van der Waals surface area contributed by atoms with Crippen molar-refractivity contribution in [2.75, 3.05) is 0 Å². The van der Waals surface area contributed by atoms with Crippen LogP contribution >= 0.6 is 0 Å². The predicted octanol–water partition coefficient (Wildman–Crippen LogP) is 5.04. The summed E-state index contributed by atoms with van der Waals surface area (Å²) in [5.41, 5.74) is 1.39. The molecule has 0 spiro atoms. The van der Waals surface area contributed by atoms with Gasteiger partial charge in [0.25, 0.3) is 0 Å². The number of rotatable bonds is 3. The summed E-state index contributed by atoms with van der Waals surface area (Å²) in [5.74, 6) is -0.214. The molecule has 1 atom stereocenters. The lowest BCUT2D eigenvalue weighted by Gasteiger charge is -2.30. The van der Waals surface area contributed by atoms with Crippen LogP contribution in [0, 0.1) is 5.82 Å². The fourth-order valence-corrected chi connectivity index (χ4v) is 4.11. The maximum absolute atomic E-state index is 14.9. The van der Waals surface area contributed by atoms with Crippen LogP contribution < -0.4 is 0 Å². The van der Waals surface area contributed by atoms with E-state index in [4.69, 9.17) is 0 Å². The second-order valence-corrected chi connectivity index (χ2v) is 6.66. The van der Waals surface area contributed by atoms with E-state index in [0.717, 1.165) is 30.5 Å². The van der Waals surface area contributed by atoms with Gasteiger partial charge in [0, 0.05) is 5.56 Å². The van der Waals surface area contributed by atoms with Gasteiger partial charge < -0.3 is 4.57 Å². The van der Waals surface area contributed by atoms with Crippen molar-refractivity contribution in [3.8, 4) is 11.3 Å². The highest BCUT2D eigenvalue weighted by molar-refractivity contribution is 5.69. The minimum atomic E-state index is -1.03. The summed E-state index contributed by atoms with van der Waals surface area (Å²) in [7, 11) is 0. The summed E-state index contributed by atoms with van der Waals surface area (Å²) in [6.45, 7) is 0. The van der Waals surface area contributed by atoms with Crippen molar-refractivity contribution in [3.63, 3.8) is 0 Å². The van der Waals surface area contributed by atoms with Gasteiger partial charge in [-0.05, 0) is 37.3 Å². The normalized spacial score (nSPS) is 22.4. The highest BCUT2D eigenvalue weighted by Gasteiger charge is 2.36. The monoisotopic (exact) mass is 302 g/mol. The fraction of sp³-hybridized carbons (Fsp3) is 0.500. The molecule has 0 bridgehead atoms. The molecule has 1 aliphatic heterocycles. The predicted molar refractivity (Wildman–Crippen MR) is 81.9 cm³/mol. The summed E-state index contributed by atoms with van der Waals surface area (Å²) in [4.78, 5) is 4.15. The first kappa shape index (κ1) is 13.9. The molecule has 2 heterocycles. The largest absolute Gasteiger partial charge is 0.323 e. The third-order valence-corrected chi connectivity index (χ3v) is 5.28. The van der Waals surface area contributed by atoms with Crippen molar-refractivity contribution in [3.05, 3.63) is 42.1 Å². The first-order chi connectivity index (χ1) is 10.7. The summed E-state index contributed by atoms with van der Waals surface area (Å²) < 4.78 is 31.1. The number of benzene rings is 1.